The maximum absolute atomic E-state index is 10.3. The van der Waals surface area contributed by atoms with E-state index < -0.39 is 33.1 Å². The Bertz CT molecular complexity index is 457. The van der Waals surface area contributed by atoms with Crippen LogP contribution in [0.15, 0.2) is 5.18 Å². The van der Waals surface area contributed by atoms with Gasteiger partial charge in [0.15, 0.2) is 0 Å². The Morgan fingerprint density at radius 2 is 1.67 bits per heavy atom. The lowest BCUT2D eigenvalue weighted by atomic mass is 10.5. The maximum atomic E-state index is 10.3. The first-order chi connectivity index (χ1) is 6.97. The third-order valence-corrected chi connectivity index (χ3v) is 1.30. The van der Waals surface area contributed by atoms with Crippen LogP contribution >= 0.6 is 0 Å². The van der Waals surface area contributed by atoms with Gasteiger partial charge in [0.1, 0.15) is 0 Å². The van der Waals surface area contributed by atoms with Gasteiger partial charge in [0.05, 0.1) is 0 Å². The van der Waals surface area contributed by atoms with Crippen LogP contribution in [-0.4, -0.2) is 19.8 Å². The Balaban J connectivity index is 3.50. The molecule has 0 bridgehead atoms. The van der Waals surface area contributed by atoms with Gasteiger partial charge in [-0.1, -0.05) is 0 Å². The van der Waals surface area contributed by atoms with E-state index >= 15 is 0 Å². The molecule has 0 saturated heterocycles. The van der Waals surface area contributed by atoms with E-state index in [4.69, 9.17) is 5.73 Å². The summed E-state index contributed by atoms with van der Waals surface area (Å²) in [6.45, 7) is 0. The predicted octanol–water partition coefficient (Wildman–Crippen LogP) is 0.273. The van der Waals surface area contributed by atoms with Gasteiger partial charge in [0.2, 0.25) is 5.82 Å². The van der Waals surface area contributed by atoms with Gasteiger partial charge in [-0.3, -0.25) is 0 Å². The van der Waals surface area contributed by atoms with Crippen molar-refractivity contribution in [2.45, 2.75) is 0 Å². The van der Waals surface area contributed by atoms with Gasteiger partial charge in [-0.05, 0) is 15.0 Å². The first kappa shape index (κ1) is 10.4. The highest BCUT2D eigenvalue weighted by molar-refractivity contribution is 5.57. The van der Waals surface area contributed by atoms with Crippen molar-refractivity contribution in [1.82, 2.24) is 9.97 Å². The summed E-state index contributed by atoms with van der Waals surface area (Å²) in [5, 5.41) is 22.8. The average Bonchev–Trinajstić information content (AvgIpc) is 2.16. The van der Waals surface area contributed by atoms with Crippen LogP contribution in [0, 0.1) is 25.1 Å². The number of nitrogens with two attached hydrogens (primary N) is 1. The Morgan fingerprint density at radius 3 is 2.07 bits per heavy atom. The number of rotatable bonds is 3. The maximum Gasteiger partial charge on any atom is 0.417 e. The average molecular weight is 214 g/mol. The van der Waals surface area contributed by atoms with E-state index in [1.165, 1.54) is 0 Å². The molecule has 15 heavy (non-hydrogen) atoms. The zero-order valence-corrected chi connectivity index (χ0v) is 6.85. The van der Waals surface area contributed by atoms with Gasteiger partial charge >= 0.3 is 11.6 Å². The molecule has 0 radical (unpaired) electrons. The molecule has 0 aliphatic rings. The molecule has 0 aromatic carbocycles. The third kappa shape index (κ3) is 1.79. The molecule has 0 saturated carbocycles. The number of aromatic nitrogens is 2. The summed E-state index contributed by atoms with van der Waals surface area (Å²) in [7, 11) is 0. The molecule has 11 nitrogen and oxygen atoms in total. The SMILES string of the molecule is Nc1nc(N=O)c([N+](=O)[O-])nc1[N+](=O)[O-]. The number of anilines is 1. The number of nitroso groups, excluding NO2 is 1. The normalized spacial score (nSPS) is 9.60. The molecule has 0 aliphatic carbocycles. The van der Waals surface area contributed by atoms with Gasteiger partial charge in [0.25, 0.3) is 5.82 Å². The lowest BCUT2D eigenvalue weighted by Crippen LogP contribution is -2.04. The minimum absolute atomic E-state index is 0.708. The molecular formula is C4H2N6O5. The minimum Gasteiger partial charge on any atom is -0.376 e. The van der Waals surface area contributed by atoms with Crippen molar-refractivity contribution in [1.29, 1.82) is 0 Å². The van der Waals surface area contributed by atoms with Crippen LogP contribution in [0.25, 0.3) is 0 Å². The molecule has 0 fully saturated rings. The fourth-order valence-corrected chi connectivity index (χ4v) is 0.740. The molecule has 0 unspecified atom stereocenters. The summed E-state index contributed by atoms with van der Waals surface area (Å²) in [6.07, 6.45) is 0. The highest BCUT2D eigenvalue weighted by Crippen LogP contribution is 2.28. The molecule has 1 heterocycles. The molecule has 0 aliphatic heterocycles. The zero-order chi connectivity index (χ0) is 11.6. The van der Waals surface area contributed by atoms with Crippen LogP contribution in [-0.2, 0) is 0 Å². The second kappa shape index (κ2) is 3.57. The number of nitrogen functional groups attached to an aromatic ring is 1. The van der Waals surface area contributed by atoms with Gasteiger partial charge in [-0.2, -0.15) is 4.98 Å². The van der Waals surface area contributed by atoms with Crippen molar-refractivity contribution in [3.63, 3.8) is 0 Å². The van der Waals surface area contributed by atoms with Gasteiger partial charge in [-0.15, -0.1) is 4.91 Å². The summed E-state index contributed by atoms with van der Waals surface area (Å²) < 4.78 is 0. The van der Waals surface area contributed by atoms with Crippen LogP contribution in [0.5, 0.6) is 0 Å². The van der Waals surface area contributed by atoms with Crippen molar-refractivity contribution in [2.24, 2.45) is 5.18 Å². The van der Waals surface area contributed by atoms with Gasteiger partial charge in [0, 0.05) is 4.98 Å². The number of nitrogens with zero attached hydrogens (tertiary/aromatic N) is 5. The quantitative estimate of drug-likeness (QED) is 0.424. The Labute approximate surface area is 80.2 Å². The van der Waals surface area contributed by atoms with Crippen LogP contribution in [0.1, 0.15) is 0 Å². The van der Waals surface area contributed by atoms with E-state index in [1.807, 2.05) is 0 Å². The van der Waals surface area contributed by atoms with E-state index in [2.05, 4.69) is 15.1 Å². The number of hydrogen-bond acceptors (Lipinski definition) is 9. The molecule has 0 amide bonds. The van der Waals surface area contributed by atoms with Gasteiger partial charge < -0.3 is 26.0 Å². The molecule has 1 rings (SSSR count). The summed E-state index contributed by atoms with van der Waals surface area (Å²) in [5.41, 5.74) is 5.03. The second-order valence-corrected chi connectivity index (χ2v) is 2.19. The van der Waals surface area contributed by atoms with E-state index in [0.717, 1.165) is 0 Å². The van der Waals surface area contributed by atoms with Gasteiger partial charge in [-0.25, -0.2) is 0 Å². The molecule has 0 atom stereocenters. The predicted molar refractivity (Wildman–Crippen MR) is 45.2 cm³/mol. The summed E-state index contributed by atoms with van der Waals surface area (Å²) >= 11 is 0. The topological polar surface area (TPSA) is 168 Å². The van der Waals surface area contributed by atoms with Crippen molar-refractivity contribution in [3.05, 3.63) is 25.1 Å². The molecule has 1 aromatic rings. The standard InChI is InChI=1S/C4H2N6O5/c5-1-3(9(12)13)7-4(10(14)15)2(6-1)8-11/h(H2,5,6). The Morgan fingerprint density at radius 1 is 1.13 bits per heavy atom. The van der Waals surface area contributed by atoms with Crippen molar-refractivity contribution < 1.29 is 9.85 Å². The van der Waals surface area contributed by atoms with E-state index in [-0.39, 0.29) is 0 Å². The van der Waals surface area contributed by atoms with E-state index in [9.17, 15) is 25.1 Å². The van der Waals surface area contributed by atoms with Crippen molar-refractivity contribution in [2.75, 3.05) is 5.73 Å². The largest absolute Gasteiger partial charge is 0.417 e. The van der Waals surface area contributed by atoms with Crippen LogP contribution in [0.2, 0.25) is 0 Å². The first-order valence-corrected chi connectivity index (χ1v) is 3.27. The fourth-order valence-electron chi connectivity index (χ4n) is 0.740. The van der Waals surface area contributed by atoms with E-state index in [1.54, 1.807) is 0 Å². The van der Waals surface area contributed by atoms with Crippen LogP contribution in [0.3, 0.4) is 0 Å². The first-order valence-electron chi connectivity index (χ1n) is 3.27. The van der Waals surface area contributed by atoms with E-state index in [0.29, 0.717) is 0 Å². The highest BCUT2D eigenvalue weighted by atomic mass is 16.6. The summed E-state index contributed by atoms with van der Waals surface area (Å²) in [5.74, 6) is -3.71. The molecular weight excluding hydrogens is 212 g/mol. The summed E-state index contributed by atoms with van der Waals surface area (Å²) in [6, 6.07) is 0. The summed E-state index contributed by atoms with van der Waals surface area (Å²) in [4.78, 5) is 34.6. The van der Waals surface area contributed by atoms with Crippen molar-refractivity contribution in [3.8, 4) is 0 Å². The Kier molecular flexibility index (Phi) is 2.46. The molecule has 78 valence electrons. The second-order valence-electron chi connectivity index (χ2n) is 2.19. The van der Waals surface area contributed by atoms with Crippen LogP contribution < -0.4 is 5.73 Å². The minimum atomic E-state index is -1.11. The number of nitro groups is 2. The smallest absolute Gasteiger partial charge is 0.376 e. The third-order valence-electron chi connectivity index (χ3n) is 1.30. The number of hydrogen-bond donors (Lipinski definition) is 1. The lowest BCUT2D eigenvalue weighted by Gasteiger charge is -1.98. The monoisotopic (exact) mass is 214 g/mol. The molecule has 11 heteroatoms. The molecule has 1 aromatic heterocycles. The van der Waals surface area contributed by atoms with Crippen molar-refractivity contribution >= 4 is 23.3 Å². The lowest BCUT2D eigenvalue weighted by molar-refractivity contribution is -0.402. The highest BCUT2D eigenvalue weighted by Gasteiger charge is 2.26. The fraction of sp³-hybridized carbons (Fsp3) is 0. The molecule has 2 N–H and O–H groups in total. The van der Waals surface area contributed by atoms with Crippen LogP contribution in [0.4, 0.5) is 23.3 Å². The molecule has 0 spiro atoms. The zero-order valence-electron chi connectivity index (χ0n) is 6.85. The Hall–Kier alpha value is -2.72.